The number of nitro benzene ring substituents is 1. The lowest BCUT2D eigenvalue weighted by Gasteiger charge is -2.43. The number of non-ortho nitro benzene ring substituents is 1. The van der Waals surface area contributed by atoms with Crippen molar-refractivity contribution >= 4 is 17.3 Å². The van der Waals surface area contributed by atoms with E-state index >= 15 is 0 Å². The Morgan fingerprint density at radius 3 is 2.59 bits per heavy atom. The maximum Gasteiger partial charge on any atom is 0.269 e. The van der Waals surface area contributed by atoms with E-state index < -0.39 is 16.3 Å². The number of halogens is 1. The zero-order chi connectivity index (χ0) is 19.8. The lowest BCUT2D eigenvalue weighted by molar-refractivity contribution is -0.384. The largest absolute Gasteiger partial charge is 0.399 e. The van der Waals surface area contributed by atoms with Crippen LogP contribution in [-0.4, -0.2) is 4.92 Å². The number of fused-ring (bicyclic) bond motifs is 1. The highest BCUT2D eigenvalue weighted by atomic mass is 35.5. The minimum atomic E-state index is -1.83. The fourth-order valence-electron chi connectivity index (χ4n) is 4.10. The Morgan fingerprint density at radius 1 is 1.30 bits per heavy atom. The molecule has 2 atom stereocenters. The third kappa shape index (κ3) is 2.63. The molecule has 0 aliphatic heterocycles. The summed E-state index contributed by atoms with van der Waals surface area (Å²) in [6.45, 7) is 0. The van der Waals surface area contributed by atoms with Gasteiger partial charge in [0.1, 0.15) is 6.07 Å². The predicted octanol–water partition coefficient (Wildman–Crippen LogP) is 3.84. The van der Waals surface area contributed by atoms with E-state index in [2.05, 4.69) is 0 Å². The van der Waals surface area contributed by atoms with Gasteiger partial charge in [-0.25, -0.2) is 0 Å². The summed E-state index contributed by atoms with van der Waals surface area (Å²) in [4.78, 5) is 10.7. The van der Waals surface area contributed by atoms with E-state index in [9.17, 15) is 25.9 Å². The van der Waals surface area contributed by atoms with Crippen LogP contribution in [0.15, 0.2) is 41.1 Å². The van der Waals surface area contributed by atoms with Crippen molar-refractivity contribution in [2.75, 3.05) is 0 Å². The molecule has 1 aromatic rings. The van der Waals surface area contributed by atoms with Gasteiger partial charge in [0, 0.05) is 23.1 Å². The van der Waals surface area contributed by atoms with E-state index in [1.54, 1.807) is 0 Å². The first-order chi connectivity index (χ1) is 12.9. The number of nitro groups is 1. The summed E-state index contributed by atoms with van der Waals surface area (Å²) in [6, 6.07) is 9.97. The van der Waals surface area contributed by atoms with Crippen LogP contribution < -0.4 is 5.73 Å². The van der Waals surface area contributed by atoms with Crippen LogP contribution >= 0.6 is 11.6 Å². The zero-order valence-electron chi connectivity index (χ0n) is 14.1. The molecule has 0 fully saturated rings. The number of hydrogen-bond donors (Lipinski definition) is 1. The Kier molecular flexibility index (Phi) is 4.62. The van der Waals surface area contributed by atoms with Crippen molar-refractivity contribution in [2.45, 2.75) is 25.2 Å². The van der Waals surface area contributed by atoms with Crippen molar-refractivity contribution < 1.29 is 4.92 Å². The SMILES string of the molecule is N#CC1=C(N)C(C#N)(C#N)[C@H](c2cc([N+](=O)[O-])ccc2Cl)[C@H]2CCCC=C12. The zero-order valence-corrected chi connectivity index (χ0v) is 14.9. The molecule has 0 saturated carbocycles. The molecule has 0 spiro atoms. The second-order valence-corrected chi connectivity index (χ2v) is 6.98. The molecule has 0 bridgehead atoms. The van der Waals surface area contributed by atoms with Crippen molar-refractivity contribution in [1.82, 2.24) is 0 Å². The van der Waals surface area contributed by atoms with Crippen LogP contribution in [0.3, 0.4) is 0 Å². The topological polar surface area (TPSA) is 141 Å². The lowest BCUT2D eigenvalue weighted by atomic mass is 9.56. The Hall–Kier alpha value is -3.34. The van der Waals surface area contributed by atoms with Crippen LogP contribution in [0.1, 0.15) is 30.7 Å². The highest BCUT2D eigenvalue weighted by Gasteiger charge is 2.54. The fraction of sp³-hybridized carbons (Fsp3) is 0.316. The number of benzene rings is 1. The number of nitriles is 3. The first kappa shape index (κ1) is 18.5. The number of nitrogens with two attached hydrogens (primary N) is 1. The Labute approximate surface area is 160 Å². The van der Waals surface area contributed by atoms with Crippen molar-refractivity contribution in [3.8, 4) is 18.2 Å². The number of allylic oxidation sites excluding steroid dienone is 4. The quantitative estimate of drug-likeness (QED) is 0.611. The van der Waals surface area contributed by atoms with Gasteiger partial charge in [-0.05, 0) is 42.4 Å². The van der Waals surface area contributed by atoms with Gasteiger partial charge in [-0.15, -0.1) is 0 Å². The van der Waals surface area contributed by atoms with E-state index in [0.717, 1.165) is 12.8 Å². The molecule has 1 aromatic carbocycles. The summed E-state index contributed by atoms with van der Waals surface area (Å²) < 4.78 is 0. The van der Waals surface area contributed by atoms with Gasteiger partial charge in [-0.2, -0.15) is 15.8 Å². The summed E-state index contributed by atoms with van der Waals surface area (Å²) in [5.74, 6) is -1.15. The molecular formula is C19H14ClN5O2. The molecule has 2 N–H and O–H groups in total. The van der Waals surface area contributed by atoms with Crippen molar-refractivity contribution in [2.24, 2.45) is 17.1 Å². The maximum absolute atomic E-state index is 11.2. The van der Waals surface area contributed by atoms with Crippen LogP contribution in [0, 0.1) is 55.4 Å². The lowest BCUT2D eigenvalue weighted by Crippen LogP contribution is -2.42. The number of hydrogen-bond acceptors (Lipinski definition) is 6. The maximum atomic E-state index is 11.2. The van der Waals surface area contributed by atoms with E-state index in [0.29, 0.717) is 17.6 Å². The monoisotopic (exact) mass is 379 g/mol. The van der Waals surface area contributed by atoms with Crippen molar-refractivity contribution in [1.29, 1.82) is 15.8 Å². The first-order valence-corrected chi connectivity index (χ1v) is 8.66. The van der Waals surface area contributed by atoms with Gasteiger partial charge in [-0.3, -0.25) is 10.1 Å². The normalized spacial score (nSPS) is 23.3. The Balaban J connectivity index is 2.37. The number of nitrogens with zero attached hydrogens (tertiary/aromatic N) is 4. The van der Waals surface area contributed by atoms with E-state index in [1.807, 2.05) is 24.3 Å². The second-order valence-electron chi connectivity index (χ2n) is 6.57. The number of rotatable bonds is 2. The molecule has 3 rings (SSSR count). The summed E-state index contributed by atoms with van der Waals surface area (Å²) in [6.07, 6.45) is 4.09. The highest BCUT2D eigenvalue weighted by Crippen LogP contribution is 2.57. The van der Waals surface area contributed by atoms with E-state index in [4.69, 9.17) is 17.3 Å². The van der Waals surface area contributed by atoms with E-state index in [-0.39, 0.29) is 27.9 Å². The average Bonchev–Trinajstić information content (AvgIpc) is 2.68. The summed E-state index contributed by atoms with van der Waals surface area (Å²) in [5.41, 5.74) is 5.20. The third-order valence-corrected chi connectivity index (χ3v) is 5.67. The summed E-state index contributed by atoms with van der Waals surface area (Å²) in [7, 11) is 0. The molecular weight excluding hydrogens is 366 g/mol. The molecule has 0 radical (unpaired) electrons. The fourth-order valence-corrected chi connectivity index (χ4v) is 4.34. The summed E-state index contributed by atoms with van der Waals surface area (Å²) >= 11 is 6.34. The van der Waals surface area contributed by atoms with Gasteiger partial charge in [0.2, 0.25) is 0 Å². The second kappa shape index (κ2) is 6.76. The van der Waals surface area contributed by atoms with Crippen LogP contribution in [0.25, 0.3) is 0 Å². The van der Waals surface area contributed by atoms with Crippen molar-refractivity contribution in [3.05, 3.63) is 61.8 Å². The smallest absolute Gasteiger partial charge is 0.269 e. The van der Waals surface area contributed by atoms with Crippen LogP contribution in [0.2, 0.25) is 5.02 Å². The molecule has 0 amide bonds. The van der Waals surface area contributed by atoms with Crippen LogP contribution in [-0.2, 0) is 0 Å². The van der Waals surface area contributed by atoms with Crippen LogP contribution in [0.5, 0.6) is 0 Å². The van der Waals surface area contributed by atoms with Crippen LogP contribution in [0.4, 0.5) is 5.69 Å². The molecule has 2 aliphatic carbocycles. The van der Waals surface area contributed by atoms with Gasteiger partial charge in [0.15, 0.2) is 5.41 Å². The average molecular weight is 380 g/mol. The van der Waals surface area contributed by atoms with E-state index in [1.165, 1.54) is 18.2 Å². The standard InChI is InChI=1S/C19H14ClN5O2/c20-16-6-5-11(25(26)27)7-14(16)17-13-4-2-1-3-12(13)15(8-21)18(24)19(17,9-22)10-23/h3,5-7,13,17H,1-2,4,24H2/t13-,17-/m0/s1. The van der Waals surface area contributed by atoms with Gasteiger partial charge < -0.3 is 5.73 Å². The first-order valence-electron chi connectivity index (χ1n) is 8.28. The Morgan fingerprint density at radius 2 is 2.00 bits per heavy atom. The van der Waals surface area contributed by atoms with Gasteiger partial charge in [-0.1, -0.05) is 17.7 Å². The molecule has 27 heavy (non-hydrogen) atoms. The molecule has 0 aromatic heterocycles. The molecule has 2 aliphatic rings. The molecule has 0 heterocycles. The molecule has 7 nitrogen and oxygen atoms in total. The van der Waals surface area contributed by atoms with Gasteiger partial charge in [0.25, 0.3) is 5.69 Å². The molecule has 8 heteroatoms. The minimum absolute atomic E-state index is 0.119. The molecule has 0 unspecified atom stereocenters. The Bertz CT molecular complexity index is 1010. The van der Waals surface area contributed by atoms with Crippen molar-refractivity contribution in [3.63, 3.8) is 0 Å². The highest BCUT2D eigenvalue weighted by molar-refractivity contribution is 6.31. The van der Waals surface area contributed by atoms with Gasteiger partial charge in [0.05, 0.1) is 28.3 Å². The third-order valence-electron chi connectivity index (χ3n) is 5.32. The molecule has 134 valence electrons. The minimum Gasteiger partial charge on any atom is -0.399 e. The summed E-state index contributed by atoms with van der Waals surface area (Å²) in [5, 5.41) is 40.9. The van der Waals surface area contributed by atoms with Gasteiger partial charge >= 0.3 is 0 Å². The predicted molar refractivity (Wildman–Crippen MR) is 96.8 cm³/mol. The molecule has 0 saturated heterocycles.